The first-order chi connectivity index (χ1) is 14.4. The van der Waals surface area contributed by atoms with Crippen molar-refractivity contribution in [3.05, 3.63) is 39.0 Å². The number of nitrogens with zero attached hydrogens (tertiary/aromatic N) is 2. The Morgan fingerprint density at radius 3 is 2.73 bits per heavy atom. The summed E-state index contributed by atoms with van der Waals surface area (Å²) in [5, 5.41) is 2.77. The number of unbranched alkanes of at least 4 members (excludes halogenated alkanes) is 1. The number of ether oxygens (including phenoxy) is 2. The van der Waals surface area contributed by atoms with Crippen LogP contribution in [-0.2, 0) is 11.3 Å². The second-order valence-corrected chi connectivity index (χ2v) is 7.11. The Balaban J connectivity index is 1.74. The second-order valence-electron chi connectivity index (χ2n) is 7.11. The van der Waals surface area contributed by atoms with Crippen LogP contribution in [0.2, 0.25) is 0 Å². The van der Waals surface area contributed by atoms with Gasteiger partial charge in [-0.15, -0.1) is 0 Å². The number of benzene rings is 1. The van der Waals surface area contributed by atoms with Gasteiger partial charge in [-0.25, -0.2) is 4.79 Å². The van der Waals surface area contributed by atoms with Crippen molar-refractivity contribution in [3.8, 4) is 11.5 Å². The quantitative estimate of drug-likeness (QED) is 0.616. The summed E-state index contributed by atoms with van der Waals surface area (Å²) in [6, 6.07) is 5.16. The van der Waals surface area contributed by atoms with E-state index in [1.54, 1.807) is 25.2 Å². The Labute approximate surface area is 173 Å². The van der Waals surface area contributed by atoms with Gasteiger partial charge in [-0.05, 0) is 18.6 Å². The number of carbonyl (C=O) groups is 1. The predicted octanol–water partition coefficient (Wildman–Crippen LogP) is 1.16. The Bertz CT molecular complexity index is 1030. The molecule has 1 aliphatic rings. The minimum atomic E-state index is -0.629. The molecule has 0 radical (unpaired) electrons. The summed E-state index contributed by atoms with van der Waals surface area (Å²) >= 11 is 0. The third-order valence-electron chi connectivity index (χ3n) is 4.74. The van der Waals surface area contributed by atoms with Crippen molar-refractivity contribution in [2.75, 3.05) is 42.8 Å². The van der Waals surface area contributed by atoms with Crippen LogP contribution in [0.3, 0.4) is 0 Å². The van der Waals surface area contributed by atoms with Crippen molar-refractivity contribution in [1.29, 1.82) is 0 Å². The number of aromatic nitrogens is 2. The number of fused-ring (bicyclic) bond motifs is 1. The molecule has 30 heavy (non-hydrogen) atoms. The molecule has 0 fully saturated rings. The van der Waals surface area contributed by atoms with Gasteiger partial charge in [0.05, 0.1) is 19.8 Å². The van der Waals surface area contributed by atoms with Gasteiger partial charge in [-0.3, -0.25) is 19.1 Å². The van der Waals surface area contributed by atoms with E-state index in [1.165, 1.54) is 9.47 Å². The number of nitrogens with two attached hydrogens (primary N) is 1. The SMILES string of the molecule is CCCCn1c(N)c(N(C)CC(=O)Nc2ccc3c(c2)OCCCO3)c(=O)[nH]c1=O. The smallest absolute Gasteiger partial charge is 0.330 e. The molecule has 3 rings (SSSR count). The van der Waals surface area contributed by atoms with Crippen LogP contribution in [0.1, 0.15) is 26.2 Å². The number of hydrogen-bond donors (Lipinski definition) is 3. The Kier molecular flexibility index (Phi) is 6.65. The molecule has 2 heterocycles. The van der Waals surface area contributed by atoms with Crippen LogP contribution < -0.4 is 36.7 Å². The average Bonchev–Trinajstić information content (AvgIpc) is 2.92. The van der Waals surface area contributed by atoms with Crippen LogP contribution in [0.15, 0.2) is 27.8 Å². The van der Waals surface area contributed by atoms with E-state index in [2.05, 4.69) is 10.3 Å². The number of anilines is 3. The number of aromatic amines is 1. The molecule has 162 valence electrons. The zero-order chi connectivity index (χ0) is 21.7. The minimum Gasteiger partial charge on any atom is -0.490 e. The minimum absolute atomic E-state index is 0.0445. The molecule has 0 spiro atoms. The van der Waals surface area contributed by atoms with E-state index in [4.69, 9.17) is 15.2 Å². The largest absolute Gasteiger partial charge is 0.490 e. The molecule has 10 nitrogen and oxygen atoms in total. The van der Waals surface area contributed by atoms with E-state index < -0.39 is 11.2 Å². The molecule has 1 amide bonds. The fourth-order valence-corrected chi connectivity index (χ4v) is 3.22. The van der Waals surface area contributed by atoms with Gasteiger partial charge in [0.1, 0.15) is 11.5 Å². The maximum atomic E-state index is 12.5. The van der Waals surface area contributed by atoms with E-state index in [1.807, 2.05) is 6.92 Å². The van der Waals surface area contributed by atoms with Gasteiger partial charge in [-0.2, -0.15) is 0 Å². The van der Waals surface area contributed by atoms with Gasteiger partial charge in [0.15, 0.2) is 11.5 Å². The van der Waals surface area contributed by atoms with Crippen LogP contribution >= 0.6 is 0 Å². The monoisotopic (exact) mass is 417 g/mol. The highest BCUT2D eigenvalue weighted by Gasteiger charge is 2.19. The Morgan fingerprint density at radius 2 is 2.00 bits per heavy atom. The van der Waals surface area contributed by atoms with Gasteiger partial charge < -0.3 is 25.4 Å². The third-order valence-corrected chi connectivity index (χ3v) is 4.74. The van der Waals surface area contributed by atoms with Crippen molar-refractivity contribution < 1.29 is 14.3 Å². The van der Waals surface area contributed by atoms with Gasteiger partial charge in [-0.1, -0.05) is 13.3 Å². The average molecular weight is 417 g/mol. The number of H-pyrrole nitrogens is 1. The molecule has 0 saturated heterocycles. The van der Waals surface area contributed by atoms with Gasteiger partial charge >= 0.3 is 5.69 Å². The zero-order valence-electron chi connectivity index (χ0n) is 17.2. The second kappa shape index (κ2) is 9.38. The summed E-state index contributed by atoms with van der Waals surface area (Å²) in [6.07, 6.45) is 2.40. The van der Waals surface area contributed by atoms with Crippen LogP contribution in [0.25, 0.3) is 0 Å². The van der Waals surface area contributed by atoms with E-state index in [9.17, 15) is 14.4 Å². The van der Waals surface area contributed by atoms with Crippen molar-refractivity contribution in [3.63, 3.8) is 0 Å². The first-order valence-electron chi connectivity index (χ1n) is 9.94. The first-order valence-corrected chi connectivity index (χ1v) is 9.94. The highest BCUT2D eigenvalue weighted by atomic mass is 16.5. The molecular formula is C20H27N5O5. The number of hydrogen-bond acceptors (Lipinski definition) is 7. The number of amides is 1. The zero-order valence-corrected chi connectivity index (χ0v) is 17.2. The van der Waals surface area contributed by atoms with E-state index in [-0.39, 0.29) is 24.0 Å². The lowest BCUT2D eigenvalue weighted by Crippen LogP contribution is -2.39. The molecule has 10 heteroatoms. The Morgan fingerprint density at radius 1 is 1.27 bits per heavy atom. The van der Waals surface area contributed by atoms with E-state index in [0.29, 0.717) is 36.9 Å². The van der Waals surface area contributed by atoms with Crippen molar-refractivity contribution in [2.24, 2.45) is 0 Å². The summed E-state index contributed by atoms with van der Waals surface area (Å²) < 4.78 is 12.5. The molecular weight excluding hydrogens is 390 g/mol. The maximum absolute atomic E-state index is 12.5. The topological polar surface area (TPSA) is 132 Å². The van der Waals surface area contributed by atoms with Gasteiger partial charge in [0, 0.05) is 31.8 Å². The fourth-order valence-electron chi connectivity index (χ4n) is 3.22. The summed E-state index contributed by atoms with van der Waals surface area (Å²) in [5.74, 6) is 0.902. The lowest BCUT2D eigenvalue weighted by molar-refractivity contribution is -0.114. The van der Waals surface area contributed by atoms with Crippen LogP contribution in [0.5, 0.6) is 11.5 Å². The van der Waals surface area contributed by atoms with Crippen molar-refractivity contribution in [2.45, 2.75) is 32.7 Å². The molecule has 4 N–H and O–H groups in total. The van der Waals surface area contributed by atoms with Crippen LogP contribution in [-0.4, -0.2) is 42.3 Å². The lowest BCUT2D eigenvalue weighted by Gasteiger charge is -2.21. The number of likely N-dealkylation sites (N-methyl/N-ethyl adjacent to an activating group) is 1. The normalized spacial score (nSPS) is 12.9. The molecule has 0 atom stereocenters. The number of carbonyl (C=O) groups excluding carboxylic acids is 1. The van der Waals surface area contributed by atoms with E-state index >= 15 is 0 Å². The maximum Gasteiger partial charge on any atom is 0.330 e. The molecule has 1 aromatic heterocycles. The highest BCUT2D eigenvalue weighted by Crippen LogP contribution is 2.32. The molecule has 2 aromatic rings. The molecule has 0 aliphatic carbocycles. The fraction of sp³-hybridized carbons (Fsp3) is 0.450. The molecule has 1 aliphatic heterocycles. The van der Waals surface area contributed by atoms with Crippen LogP contribution in [0, 0.1) is 0 Å². The summed E-state index contributed by atoms with van der Waals surface area (Å²) in [4.78, 5) is 40.6. The molecule has 1 aromatic carbocycles. The van der Waals surface area contributed by atoms with Crippen LogP contribution in [0.4, 0.5) is 17.2 Å². The van der Waals surface area contributed by atoms with Gasteiger partial charge in [0.25, 0.3) is 5.56 Å². The third kappa shape index (κ3) is 4.76. The number of nitrogens with one attached hydrogen (secondary N) is 2. The Hall–Kier alpha value is -3.43. The number of nitrogen functional groups attached to an aromatic ring is 1. The molecule has 0 bridgehead atoms. The lowest BCUT2D eigenvalue weighted by atomic mass is 10.2. The van der Waals surface area contributed by atoms with Crippen molar-refractivity contribution >= 4 is 23.1 Å². The van der Waals surface area contributed by atoms with Crippen molar-refractivity contribution in [1.82, 2.24) is 9.55 Å². The predicted molar refractivity (Wildman–Crippen MR) is 115 cm³/mol. The van der Waals surface area contributed by atoms with Gasteiger partial charge in [0.2, 0.25) is 5.91 Å². The molecule has 0 saturated carbocycles. The summed E-state index contributed by atoms with van der Waals surface area (Å²) in [6.45, 7) is 3.38. The van der Waals surface area contributed by atoms with E-state index in [0.717, 1.165) is 19.3 Å². The summed E-state index contributed by atoms with van der Waals surface area (Å²) in [7, 11) is 1.57. The molecule has 0 unspecified atom stereocenters. The summed E-state index contributed by atoms with van der Waals surface area (Å²) in [5.41, 5.74) is 5.53. The first kappa shape index (κ1) is 21.3. The highest BCUT2D eigenvalue weighted by molar-refractivity contribution is 5.94. The number of rotatable bonds is 7. The standard InChI is InChI=1S/C20H27N5O5/c1-3-4-8-25-18(21)17(19(27)23-20(25)28)24(2)12-16(26)22-13-6-7-14-15(11-13)30-10-5-9-29-14/h6-7,11H,3-5,8-10,12,21H2,1-2H3,(H,22,26)(H,23,27,28).